The average Bonchev–Trinajstić information content (AvgIpc) is 3.39. The van der Waals surface area contributed by atoms with Gasteiger partial charge in [0.1, 0.15) is 6.10 Å². The Bertz CT molecular complexity index is 1200. The van der Waals surface area contributed by atoms with E-state index < -0.39 is 29.0 Å². The predicted octanol–water partition coefficient (Wildman–Crippen LogP) is 5.59. The largest absolute Gasteiger partial charge is 0.461 e. The van der Waals surface area contributed by atoms with E-state index in [4.69, 9.17) is 9.26 Å². The molecular formula is C34H50N2O6. The van der Waals surface area contributed by atoms with E-state index in [-0.39, 0.29) is 18.1 Å². The standard InChI is InChI=1S/C34H50N2O6/c1-21(8-13-29(41-31(40)32(3,4)19-37)34(15-16-34)30-35-20-36-42-30)26-11-12-27-23(7-6-14-33(26,27)5)9-10-24-17-25(38)18-28(39)22(24)2/h9-10,20-21,25-29,37-39H,2,6-8,11-19H2,1,3-5H3/t21-,25-,26-,27+,28+,29-,33-/m1/s1. The van der Waals surface area contributed by atoms with Crippen LogP contribution in [-0.2, 0) is 14.9 Å². The van der Waals surface area contributed by atoms with Crippen LogP contribution in [0.2, 0.25) is 0 Å². The van der Waals surface area contributed by atoms with Gasteiger partial charge in [-0.3, -0.25) is 4.79 Å². The van der Waals surface area contributed by atoms with Crippen LogP contribution >= 0.6 is 0 Å². The molecule has 1 aromatic heterocycles. The van der Waals surface area contributed by atoms with Crippen molar-refractivity contribution in [1.29, 1.82) is 0 Å². The maximum absolute atomic E-state index is 13.1. The molecule has 0 saturated heterocycles. The summed E-state index contributed by atoms with van der Waals surface area (Å²) in [5.41, 5.74) is 1.99. The van der Waals surface area contributed by atoms with Crippen molar-refractivity contribution in [1.82, 2.24) is 10.1 Å². The molecule has 1 aromatic rings. The second-order valence-corrected chi connectivity index (χ2v) is 14.6. The molecular weight excluding hydrogens is 532 g/mol. The number of hydrogen-bond donors (Lipinski definition) is 3. The lowest BCUT2D eigenvalue weighted by Gasteiger charge is -2.44. The van der Waals surface area contributed by atoms with Gasteiger partial charge in [-0.2, -0.15) is 4.98 Å². The lowest BCUT2D eigenvalue weighted by molar-refractivity contribution is -0.164. The molecule has 3 N–H and O–H groups in total. The number of allylic oxidation sites excluding steroid dienone is 3. The van der Waals surface area contributed by atoms with Gasteiger partial charge < -0.3 is 24.6 Å². The number of nitrogens with zero attached hydrogens (tertiary/aromatic N) is 2. The Morgan fingerprint density at radius 2 is 2.00 bits per heavy atom. The van der Waals surface area contributed by atoms with Gasteiger partial charge >= 0.3 is 5.97 Å². The van der Waals surface area contributed by atoms with Crippen molar-refractivity contribution in [2.45, 2.75) is 122 Å². The molecule has 8 nitrogen and oxygen atoms in total. The Morgan fingerprint density at radius 3 is 2.67 bits per heavy atom. The molecule has 4 fully saturated rings. The van der Waals surface area contributed by atoms with Crippen molar-refractivity contribution in [2.75, 3.05) is 6.61 Å². The summed E-state index contributed by atoms with van der Waals surface area (Å²) in [6, 6.07) is 0. The van der Waals surface area contributed by atoms with Crippen molar-refractivity contribution in [3.8, 4) is 0 Å². The summed E-state index contributed by atoms with van der Waals surface area (Å²) in [6.07, 6.45) is 14.3. The number of aliphatic hydroxyl groups is 3. The van der Waals surface area contributed by atoms with Crippen LogP contribution < -0.4 is 0 Å². The first-order chi connectivity index (χ1) is 19.9. The van der Waals surface area contributed by atoms with E-state index in [1.165, 1.54) is 31.2 Å². The molecule has 5 rings (SSSR count). The molecule has 0 unspecified atom stereocenters. The van der Waals surface area contributed by atoms with Crippen molar-refractivity contribution in [3.05, 3.63) is 47.7 Å². The molecule has 1 heterocycles. The molecule has 0 spiro atoms. The van der Waals surface area contributed by atoms with E-state index in [9.17, 15) is 20.1 Å². The fourth-order valence-corrected chi connectivity index (χ4v) is 8.30. The lowest BCUT2D eigenvalue weighted by Crippen LogP contribution is -2.39. The molecule has 0 bridgehead atoms. The zero-order valence-corrected chi connectivity index (χ0v) is 25.8. The van der Waals surface area contributed by atoms with Crippen LogP contribution in [0.15, 0.2) is 46.3 Å². The molecule has 8 heteroatoms. The predicted molar refractivity (Wildman–Crippen MR) is 159 cm³/mol. The number of carbonyl (C=O) groups excluding carboxylic acids is 1. The van der Waals surface area contributed by atoms with E-state index in [2.05, 4.69) is 42.7 Å². The highest BCUT2D eigenvalue weighted by Gasteiger charge is 2.58. The molecule has 7 atom stereocenters. The van der Waals surface area contributed by atoms with Gasteiger partial charge in [0.15, 0.2) is 6.33 Å². The summed E-state index contributed by atoms with van der Waals surface area (Å²) >= 11 is 0. The van der Waals surface area contributed by atoms with Gasteiger partial charge in [-0.05, 0) is 112 Å². The molecule has 4 aliphatic carbocycles. The van der Waals surface area contributed by atoms with Crippen LogP contribution in [0.5, 0.6) is 0 Å². The third kappa shape index (κ3) is 5.91. The van der Waals surface area contributed by atoms with E-state index >= 15 is 0 Å². The van der Waals surface area contributed by atoms with Crippen molar-refractivity contribution >= 4 is 5.97 Å². The van der Waals surface area contributed by atoms with Crippen LogP contribution in [-0.4, -0.2) is 56.3 Å². The van der Waals surface area contributed by atoms with Gasteiger partial charge in [-0.25, -0.2) is 0 Å². The second-order valence-electron chi connectivity index (χ2n) is 14.6. The summed E-state index contributed by atoms with van der Waals surface area (Å²) in [6.45, 7) is 12.1. The Kier molecular flexibility index (Phi) is 8.90. The van der Waals surface area contributed by atoms with Gasteiger partial charge in [0.05, 0.1) is 29.6 Å². The molecule has 0 aliphatic heterocycles. The van der Waals surface area contributed by atoms with Crippen LogP contribution in [0.25, 0.3) is 0 Å². The molecule has 232 valence electrons. The summed E-state index contributed by atoms with van der Waals surface area (Å²) in [5.74, 6) is 1.69. The van der Waals surface area contributed by atoms with Crippen molar-refractivity contribution in [3.63, 3.8) is 0 Å². The van der Waals surface area contributed by atoms with Crippen molar-refractivity contribution < 1.29 is 29.4 Å². The topological polar surface area (TPSA) is 126 Å². The maximum atomic E-state index is 13.1. The Morgan fingerprint density at radius 1 is 1.24 bits per heavy atom. The minimum absolute atomic E-state index is 0.208. The number of esters is 1. The summed E-state index contributed by atoms with van der Waals surface area (Å²) in [5, 5.41) is 34.0. The highest BCUT2D eigenvalue weighted by molar-refractivity contribution is 5.76. The quantitative estimate of drug-likeness (QED) is 0.305. The Labute approximate surface area is 250 Å². The van der Waals surface area contributed by atoms with E-state index in [1.807, 2.05) is 0 Å². The zero-order chi connectivity index (χ0) is 30.3. The molecule has 0 aromatic carbocycles. The monoisotopic (exact) mass is 582 g/mol. The Hall–Kier alpha value is -2.29. The van der Waals surface area contributed by atoms with E-state index in [0.717, 1.165) is 49.7 Å². The number of aliphatic hydroxyl groups excluding tert-OH is 3. The molecule has 4 saturated carbocycles. The third-order valence-corrected chi connectivity index (χ3v) is 11.3. The van der Waals surface area contributed by atoms with Crippen LogP contribution in [0.3, 0.4) is 0 Å². The first kappa shape index (κ1) is 31.1. The van der Waals surface area contributed by atoms with Crippen LogP contribution in [0.1, 0.15) is 104 Å². The molecule has 0 radical (unpaired) electrons. The second kappa shape index (κ2) is 12.0. The number of carbonyl (C=O) groups is 1. The van der Waals surface area contributed by atoms with Crippen LogP contribution in [0, 0.1) is 28.6 Å². The number of hydrogen-bond acceptors (Lipinski definition) is 8. The SMILES string of the molecule is C=C1C(=CC=C2CCC[C@]3(C)[C@@H]([C@H](C)CC[C@@H](OC(=O)C(C)(C)CO)C4(c5ncno5)CC4)CC[C@@H]23)C[C@@H](O)C[C@@H]1O. The van der Waals surface area contributed by atoms with E-state index in [1.54, 1.807) is 13.8 Å². The molecule has 0 amide bonds. The van der Waals surface area contributed by atoms with Gasteiger partial charge in [0.2, 0.25) is 5.89 Å². The number of aromatic nitrogens is 2. The summed E-state index contributed by atoms with van der Waals surface area (Å²) in [4.78, 5) is 17.4. The van der Waals surface area contributed by atoms with Gasteiger partial charge in [-0.15, -0.1) is 0 Å². The number of ether oxygens (including phenoxy) is 1. The Balaban J connectivity index is 1.29. The first-order valence-corrected chi connectivity index (χ1v) is 16.0. The van der Waals surface area contributed by atoms with Gasteiger partial charge in [-0.1, -0.05) is 43.3 Å². The zero-order valence-electron chi connectivity index (χ0n) is 25.8. The highest BCUT2D eigenvalue weighted by atomic mass is 16.5. The fraction of sp³-hybridized carbons (Fsp3) is 0.735. The van der Waals surface area contributed by atoms with E-state index in [0.29, 0.717) is 36.5 Å². The minimum atomic E-state index is -0.971. The first-order valence-electron chi connectivity index (χ1n) is 16.0. The molecule has 42 heavy (non-hydrogen) atoms. The fourth-order valence-electron chi connectivity index (χ4n) is 8.30. The van der Waals surface area contributed by atoms with Gasteiger partial charge in [0, 0.05) is 6.42 Å². The maximum Gasteiger partial charge on any atom is 0.314 e. The third-order valence-electron chi connectivity index (χ3n) is 11.3. The average molecular weight is 583 g/mol. The highest BCUT2D eigenvalue weighted by Crippen LogP contribution is 2.60. The smallest absolute Gasteiger partial charge is 0.314 e. The van der Waals surface area contributed by atoms with Crippen LogP contribution in [0.4, 0.5) is 0 Å². The lowest BCUT2D eigenvalue weighted by atomic mass is 9.60. The van der Waals surface area contributed by atoms with Crippen molar-refractivity contribution in [2.24, 2.45) is 28.6 Å². The number of rotatable bonds is 10. The minimum Gasteiger partial charge on any atom is -0.461 e. The summed E-state index contributed by atoms with van der Waals surface area (Å²) in [7, 11) is 0. The summed E-state index contributed by atoms with van der Waals surface area (Å²) < 4.78 is 11.6. The number of fused-ring (bicyclic) bond motifs is 1. The normalized spacial score (nSPS) is 34.3. The van der Waals surface area contributed by atoms with Gasteiger partial charge in [0.25, 0.3) is 0 Å². The molecule has 4 aliphatic rings.